The largest absolute Gasteiger partial charge is 0.294 e. The fourth-order valence-electron chi connectivity index (χ4n) is 3.03. The van der Waals surface area contributed by atoms with Gasteiger partial charge in [-0.3, -0.25) is 4.79 Å². The van der Waals surface area contributed by atoms with Gasteiger partial charge < -0.3 is 0 Å². The van der Waals surface area contributed by atoms with Crippen molar-refractivity contribution in [3.8, 4) is 0 Å². The highest BCUT2D eigenvalue weighted by Crippen LogP contribution is 2.27. The van der Waals surface area contributed by atoms with E-state index in [-0.39, 0.29) is 0 Å². The summed E-state index contributed by atoms with van der Waals surface area (Å²) in [7, 11) is 0. The van der Waals surface area contributed by atoms with Crippen molar-refractivity contribution in [2.45, 2.75) is 39.5 Å². The second-order valence-corrected chi connectivity index (χ2v) is 6.07. The molecular weight excluding hydrogens is 232 g/mol. The van der Waals surface area contributed by atoms with Gasteiger partial charge in [-0.1, -0.05) is 38.1 Å². The number of ketones is 1. The highest BCUT2D eigenvalue weighted by Gasteiger charge is 2.17. The van der Waals surface area contributed by atoms with Crippen molar-refractivity contribution >= 4 is 16.6 Å². The summed E-state index contributed by atoms with van der Waals surface area (Å²) in [6.07, 6.45) is 3.88. The van der Waals surface area contributed by atoms with Crippen LogP contribution in [0.2, 0.25) is 0 Å². The molecule has 0 radical (unpaired) electrons. The standard InChI is InChI=1S/C18H20O/c1-12(2)8-13-6-7-14-11-17-15(10-16(14)9-13)4-3-5-18(17)19/h6-7,9-12H,3-5,8H2,1-2H3. The van der Waals surface area contributed by atoms with Crippen LogP contribution in [0.3, 0.4) is 0 Å². The minimum Gasteiger partial charge on any atom is -0.294 e. The van der Waals surface area contributed by atoms with Gasteiger partial charge in [-0.2, -0.15) is 0 Å². The molecule has 1 aliphatic rings. The van der Waals surface area contributed by atoms with E-state index >= 15 is 0 Å². The summed E-state index contributed by atoms with van der Waals surface area (Å²) in [5, 5.41) is 2.48. The maximum absolute atomic E-state index is 11.9. The molecule has 1 heteroatoms. The van der Waals surface area contributed by atoms with Crippen molar-refractivity contribution < 1.29 is 4.79 Å². The van der Waals surface area contributed by atoms with Crippen molar-refractivity contribution in [3.63, 3.8) is 0 Å². The molecule has 0 aliphatic heterocycles. The van der Waals surface area contributed by atoms with Crippen LogP contribution in [0.4, 0.5) is 0 Å². The van der Waals surface area contributed by atoms with Gasteiger partial charge in [0.2, 0.25) is 0 Å². The smallest absolute Gasteiger partial charge is 0.163 e. The number of carbonyl (C=O) groups excluding carboxylic acids is 1. The van der Waals surface area contributed by atoms with Gasteiger partial charge in [-0.25, -0.2) is 0 Å². The number of fused-ring (bicyclic) bond motifs is 2. The van der Waals surface area contributed by atoms with Crippen molar-refractivity contribution in [1.29, 1.82) is 0 Å². The first-order valence-corrected chi connectivity index (χ1v) is 7.22. The van der Waals surface area contributed by atoms with Crippen molar-refractivity contribution in [2.75, 3.05) is 0 Å². The van der Waals surface area contributed by atoms with E-state index in [9.17, 15) is 4.79 Å². The van der Waals surface area contributed by atoms with Crippen LogP contribution in [0.25, 0.3) is 10.8 Å². The molecule has 1 aliphatic carbocycles. The Morgan fingerprint density at radius 3 is 2.68 bits per heavy atom. The quantitative estimate of drug-likeness (QED) is 0.766. The predicted octanol–water partition coefficient (Wildman–Crippen LogP) is 4.56. The Balaban J connectivity index is 2.09. The zero-order valence-electron chi connectivity index (χ0n) is 11.7. The fraction of sp³-hybridized carbons (Fsp3) is 0.389. The molecule has 0 amide bonds. The van der Waals surface area contributed by atoms with Gasteiger partial charge in [0.25, 0.3) is 0 Å². The topological polar surface area (TPSA) is 17.1 Å². The second-order valence-electron chi connectivity index (χ2n) is 6.07. The van der Waals surface area contributed by atoms with Crippen LogP contribution in [0, 0.1) is 5.92 Å². The average molecular weight is 252 g/mol. The lowest BCUT2D eigenvalue weighted by Crippen LogP contribution is -2.10. The van der Waals surface area contributed by atoms with Crippen LogP contribution >= 0.6 is 0 Å². The lowest BCUT2D eigenvalue weighted by atomic mass is 9.88. The molecule has 98 valence electrons. The Hall–Kier alpha value is -1.63. The molecule has 2 aromatic rings. The van der Waals surface area contributed by atoms with Gasteiger partial charge in [-0.05, 0) is 53.1 Å². The van der Waals surface area contributed by atoms with E-state index in [4.69, 9.17) is 0 Å². The number of Topliss-reactive ketones (excluding diaryl/α,β-unsaturated/α-hetero) is 1. The van der Waals surface area contributed by atoms with Gasteiger partial charge in [0.05, 0.1) is 0 Å². The van der Waals surface area contributed by atoms with E-state index in [0.717, 1.165) is 24.8 Å². The molecule has 3 rings (SSSR count). The average Bonchev–Trinajstić information content (AvgIpc) is 2.36. The molecule has 1 nitrogen and oxygen atoms in total. The molecule has 0 bridgehead atoms. The second kappa shape index (κ2) is 4.80. The van der Waals surface area contributed by atoms with Crippen LogP contribution in [-0.4, -0.2) is 5.78 Å². The van der Waals surface area contributed by atoms with E-state index in [1.807, 2.05) is 0 Å². The number of rotatable bonds is 2. The van der Waals surface area contributed by atoms with E-state index in [1.54, 1.807) is 0 Å². The van der Waals surface area contributed by atoms with Crippen molar-refractivity contribution in [2.24, 2.45) is 5.92 Å². The number of hydrogen-bond acceptors (Lipinski definition) is 1. The lowest BCUT2D eigenvalue weighted by molar-refractivity contribution is 0.0972. The summed E-state index contributed by atoms with van der Waals surface area (Å²) < 4.78 is 0. The van der Waals surface area contributed by atoms with Gasteiger partial charge in [0.15, 0.2) is 5.78 Å². The highest BCUT2D eigenvalue weighted by atomic mass is 16.1. The van der Waals surface area contributed by atoms with Crippen LogP contribution in [0.1, 0.15) is 48.2 Å². The lowest BCUT2D eigenvalue weighted by Gasteiger charge is -2.16. The molecule has 0 N–H and O–H groups in total. The van der Waals surface area contributed by atoms with Crippen LogP contribution < -0.4 is 0 Å². The third-order valence-corrected chi connectivity index (χ3v) is 3.92. The summed E-state index contributed by atoms with van der Waals surface area (Å²) in [5.74, 6) is 0.992. The van der Waals surface area contributed by atoms with Crippen molar-refractivity contribution in [3.05, 3.63) is 47.0 Å². The Morgan fingerprint density at radius 2 is 1.89 bits per heavy atom. The summed E-state index contributed by atoms with van der Waals surface area (Å²) in [6.45, 7) is 4.49. The summed E-state index contributed by atoms with van der Waals surface area (Å²) >= 11 is 0. The molecule has 0 fully saturated rings. The molecule has 0 unspecified atom stereocenters. The van der Waals surface area contributed by atoms with Crippen LogP contribution in [-0.2, 0) is 12.8 Å². The maximum Gasteiger partial charge on any atom is 0.163 e. The molecule has 0 aromatic heterocycles. The molecule has 0 saturated heterocycles. The Labute approximate surface area is 114 Å². The Morgan fingerprint density at radius 1 is 1.05 bits per heavy atom. The number of hydrogen-bond donors (Lipinski definition) is 0. The van der Waals surface area contributed by atoms with E-state index in [2.05, 4.69) is 44.2 Å². The van der Waals surface area contributed by atoms with E-state index < -0.39 is 0 Å². The third-order valence-electron chi connectivity index (χ3n) is 3.92. The van der Waals surface area contributed by atoms with Gasteiger partial charge in [-0.15, -0.1) is 0 Å². The van der Waals surface area contributed by atoms with Gasteiger partial charge >= 0.3 is 0 Å². The van der Waals surface area contributed by atoms with E-state index in [1.165, 1.54) is 21.9 Å². The highest BCUT2D eigenvalue weighted by molar-refractivity contribution is 6.02. The Bertz CT molecular complexity index is 637. The number of carbonyl (C=O) groups is 1. The first kappa shape index (κ1) is 12.4. The van der Waals surface area contributed by atoms with Crippen LogP contribution in [0.15, 0.2) is 30.3 Å². The monoisotopic (exact) mass is 252 g/mol. The zero-order chi connectivity index (χ0) is 13.4. The maximum atomic E-state index is 11.9. The molecular formula is C18H20O. The van der Waals surface area contributed by atoms with Gasteiger partial charge in [0, 0.05) is 12.0 Å². The molecule has 0 saturated carbocycles. The Kier molecular flexibility index (Phi) is 3.14. The zero-order valence-corrected chi connectivity index (χ0v) is 11.7. The first-order valence-electron chi connectivity index (χ1n) is 7.22. The molecule has 0 heterocycles. The summed E-state index contributed by atoms with van der Waals surface area (Å²) in [4.78, 5) is 11.9. The van der Waals surface area contributed by atoms with Gasteiger partial charge in [0.1, 0.15) is 0 Å². The first-order chi connectivity index (χ1) is 9.13. The molecule has 2 aromatic carbocycles. The molecule has 0 atom stereocenters. The molecule has 0 spiro atoms. The fourth-order valence-corrected chi connectivity index (χ4v) is 3.03. The number of benzene rings is 2. The number of aryl methyl sites for hydroxylation is 1. The minimum absolute atomic E-state index is 0.314. The van der Waals surface area contributed by atoms with E-state index in [0.29, 0.717) is 18.1 Å². The normalized spacial score (nSPS) is 15.0. The minimum atomic E-state index is 0.314. The summed E-state index contributed by atoms with van der Waals surface area (Å²) in [6, 6.07) is 11.0. The van der Waals surface area contributed by atoms with Crippen molar-refractivity contribution in [1.82, 2.24) is 0 Å². The third kappa shape index (κ3) is 2.42. The molecule has 19 heavy (non-hydrogen) atoms. The summed E-state index contributed by atoms with van der Waals surface area (Å²) in [5.41, 5.74) is 3.59. The van der Waals surface area contributed by atoms with Crippen LogP contribution in [0.5, 0.6) is 0 Å². The predicted molar refractivity (Wildman–Crippen MR) is 79.8 cm³/mol. The SMILES string of the molecule is CC(C)Cc1ccc2cc3c(cc2c1)CCCC3=O.